The number of rotatable bonds is 4. The van der Waals surface area contributed by atoms with Crippen LogP contribution in [0.3, 0.4) is 0 Å². The molecule has 1 heterocycles. The molecule has 1 aromatic heterocycles. The van der Waals surface area contributed by atoms with E-state index in [2.05, 4.69) is 5.10 Å². The van der Waals surface area contributed by atoms with E-state index in [-0.39, 0.29) is 18.6 Å². The first-order valence-corrected chi connectivity index (χ1v) is 5.28. The van der Waals surface area contributed by atoms with Crippen LogP contribution in [0.15, 0.2) is 12.3 Å². The van der Waals surface area contributed by atoms with Crippen molar-refractivity contribution >= 4 is 6.16 Å². The third-order valence-electron chi connectivity index (χ3n) is 1.78. The van der Waals surface area contributed by atoms with Crippen molar-refractivity contribution in [1.82, 2.24) is 9.78 Å². The summed E-state index contributed by atoms with van der Waals surface area (Å²) in [5.41, 5.74) is 0.379. The first-order valence-electron chi connectivity index (χ1n) is 5.28. The number of hydrogen-bond donors (Lipinski definition) is 0. The molecule has 1 aromatic rings. The van der Waals surface area contributed by atoms with Gasteiger partial charge in [0, 0.05) is 6.20 Å². The van der Waals surface area contributed by atoms with E-state index in [0.29, 0.717) is 5.69 Å². The predicted octanol–water partition coefficient (Wildman–Crippen LogP) is 2.51. The van der Waals surface area contributed by atoms with Crippen molar-refractivity contribution in [3.05, 3.63) is 18.0 Å². The topological polar surface area (TPSA) is 53.4 Å². The molecule has 0 N–H and O–H groups in total. The number of aromatic nitrogens is 2. The molecule has 6 heteroatoms. The number of alkyl halides is 1. The average Bonchev–Trinajstić information content (AvgIpc) is 2.70. The van der Waals surface area contributed by atoms with E-state index < -0.39 is 13.0 Å². The van der Waals surface area contributed by atoms with Crippen LogP contribution in [0.1, 0.15) is 26.5 Å². The zero-order chi connectivity index (χ0) is 12.9. The standard InChI is InChI=1S/C11H17FN2O3/c1-11(2,3)7-17-10(15)16-6-9-4-5-14(8-12)13-9/h4-5H,6-8H2,1-3H3. The molecule has 0 aliphatic heterocycles. The molecule has 0 aliphatic rings. The smallest absolute Gasteiger partial charge is 0.434 e. The Bertz CT molecular complexity index is 371. The number of hydrogen-bond acceptors (Lipinski definition) is 4. The Hall–Kier alpha value is -1.59. The summed E-state index contributed by atoms with van der Waals surface area (Å²) in [6.07, 6.45) is 0.730. The highest BCUT2D eigenvalue weighted by molar-refractivity contribution is 5.59. The van der Waals surface area contributed by atoms with Crippen LogP contribution in [-0.4, -0.2) is 22.5 Å². The Labute approximate surface area is 99.5 Å². The second-order valence-corrected chi connectivity index (χ2v) is 4.85. The van der Waals surface area contributed by atoms with E-state index in [4.69, 9.17) is 9.47 Å². The summed E-state index contributed by atoms with van der Waals surface area (Å²) >= 11 is 0. The largest absolute Gasteiger partial charge is 0.508 e. The molecule has 0 radical (unpaired) electrons. The van der Waals surface area contributed by atoms with Gasteiger partial charge in [-0.3, -0.25) is 0 Å². The van der Waals surface area contributed by atoms with Crippen LogP contribution in [0, 0.1) is 5.41 Å². The van der Waals surface area contributed by atoms with Crippen molar-refractivity contribution in [2.24, 2.45) is 5.41 Å². The molecule has 96 valence electrons. The molecule has 5 nitrogen and oxygen atoms in total. The molecule has 0 fully saturated rings. The molecule has 1 rings (SSSR count). The van der Waals surface area contributed by atoms with Crippen molar-refractivity contribution in [3.8, 4) is 0 Å². The van der Waals surface area contributed by atoms with Gasteiger partial charge in [-0.1, -0.05) is 20.8 Å². The number of halogens is 1. The summed E-state index contributed by atoms with van der Waals surface area (Å²) in [6, 6.07) is 1.58. The van der Waals surface area contributed by atoms with Crippen LogP contribution in [0.25, 0.3) is 0 Å². The molecule has 0 atom stereocenters. The molecule has 0 aromatic carbocycles. The highest BCUT2D eigenvalue weighted by Crippen LogP contribution is 2.13. The maximum absolute atomic E-state index is 12.2. The van der Waals surface area contributed by atoms with Gasteiger partial charge in [-0.15, -0.1) is 0 Å². The van der Waals surface area contributed by atoms with E-state index >= 15 is 0 Å². The van der Waals surface area contributed by atoms with Gasteiger partial charge in [-0.2, -0.15) is 5.10 Å². The maximum atomic E-state index is 12.2. The summed E-state index contributed by atoms with van der Waals surface area (Å²) in [4.78, 5) is 11.2. The van der Waals surface area contributed by atoms with Crippen molar-refractivity contribution in [2.75, 3.05) is 6.61 Å². The van der Waals surface area contributed by atoms with Gasteiger partial charge in [0.15, 0.2) is 6.80 Å². The third kappa shape index (κ3) is 5.33. The molecule has 0 bridgehead atoms. The Morgan fingerprint density at radius 2 is 2.18 bits per heavy atom. The molecule has 0 aliphatic carbocycles. The highest BCUT2D eigenvalue weighted by atomic mass is 19.1. The Balaban J connectivity index is 2.28. The van der Waals surface area contributed by atoms with Gasteiger partial charge in [0.25, 0.3) is 0 Å². The fourth-order valence-electron chi connectivity index (χ4n) is 0.997. The number of ether oxygens (including phenoxy) is 2. The van der Waals surface area contributed by atoms with E-state index in [1.807, 2.05) is 20.8 Å². The highest BCUT2D eigenvalue weighted by Gasteiger charge is 2.14. The van der Waals surface area contributed by atoms with E-state index in [9.17, 15) is 9.18 Å². The van der Waals surface area contributed by atoms with Crippen LogP contribution in [0.2, 0.25) is 0 Å². The van der Waals surface area contributed by atoms with Gasteiger partial charge >= 0.3 is 6.16 Å². The monoisotopic (exact) mass is 244 g/mol. The van der Waals surface area contributed by atoms with Crippen LogP contribution >= 0.6 is 0 Å². The summed E-state index contributed by atoms with van der Waals surface area (Å²) in [5, 5.41) is 3.82. The van der Waals surface area contributed by atoms with Crippen LogP contribution in [0.5, 0.6) is 0 Å². The lowest BCUT2D eigenvalue weighted by Crippen LogP contribution is -2.19. The summed E-state index contributed by atoms with van der Waals surface area (Å²) in [6.45, 7) is 5.41. The molecule has 0 unspecified atom stereocenters. The first-order chi connectivity index (χ1) is 7.90. The quantitative estimate of drug-likeness (QED) is 0.764. The van der Waals surface area contributed by atoms with Gasteiger partial charge in [0.2, 0.25) is 0 Å². The molecular formula is C11H17FN2O3. The molecule has 17 heavy (non-hydrogen) atoms. The Kier molecular flexibility index (Phi) is 4.48. The Morgan fingerprint density at radius 3 is 2.71 bits per heavy atom. The molecule has 0 saturated heterocycles. The summed E-state index contributed by atoms with van der Waals surface area (Å²) in [5.74, 6) is 0. The first kappa shape index (κ1) is 13.5. The van der Waals surface area contributed by atoms with Crippen molar-refractivity contribution in [3.63, 3.8) is 0 Å². The van der Waals surface area contributed by atoms with E-state index in [1.54, 1.807) is 6.07 Å². The summed E-state index contributed by atoms with van der Waals surface area (Å²) in [7, 11) is 0. The van der Waals surface area contributed by atoms with Gasteiger partial charge in [-0.25, -0.2) is 13.9 Å². The van der Waals surface area contributed by atoms with Gasteiger partial charge in [0.05, 0.1) is 6.61 Å². The minimum Gasteiger partial charge on any atom is -0.434 e. The van der Waals surface area contributed by atoms with E-state index in [0.717, 1.165) is 4.68 Å². The molecule has 0 spiro atoms. The molecule has 0 saturated carbocycles. The summed E-state index contributed by atoms with van der Waals surface area (Å²) < 4.78 is 23.0. The minimum absolute atomic E-state index is 0.0179. The van der Waals surface area contributed by atoms with Crippen molar-refractivity contribution < 1.29 is 18.7 Å². The normalized spacial score (nSPS) is 11.3. The third-order valence-corrected chi connectivity index (χ3v) is 1.78. The SMILES string of the molecule is CC(C)(C)COC(=O)OCc1ccn(CF)n1. The second kappa shape index (κ2) is 5.65. The number of carbonyl (C=O) groups is 1. The fourth-order valence-corrected chi connectivity index (χ4v) is 0.997. The number of carbonyl (C=O) groups excluding carboxylic acids is 1. The Morgan fingerprint density at radius 1 is 1.47 bits per heavy atom. The zero-order valence-electron chi connectivity index (χ0n) is 10.3. The molecular weight excluding hydrogens is 227 g/mol. The van der Waals surface area contributed by atoms with Crippen molar-refractivity contribution in [2.45, 2.75) is 34.2 Å². The van der Waals surface area contributed by atoms with Crippen molar-refractivity contribution in [1.29, 1.82) is 0 Å². The average molecular weight is 244 g/mol. The van der Waals surface area contributed by atoms with Crippen LogP contribution in [0.4, 0.5) is 9.18 Å². The van der Waals surface area contributed by atoms with E-state index in [1.165, 1.54) is 6.20 Å². The second-order valence-electron chi connectivity index (χ2n) is 4.85. The predicted molar refractivity (Wildman–Crippen MR) is 58.9 cm³/mol. The number of nitrogens with zero attached hydrogens (tertiary/aromatic N) is 2. The van der Waals surface area contributed by atoms with Gasteiger partial charge in [0.1, 0.15) is 12.3 Å². The van der Waals surface area contributed by atoms with Crippen LogP contribution < -0.4 is 0 Å². The lowest BCUT2D eigenvalue weighted by Gasteiger charge is -2.17. The minimum atomic E-state index is -0.741. The van der Waals surface area contributed by atoms with Gasteiger partial charge in [-0.05, 0) is 11.5 Å². The molecule has 0 amide bonds. The zero-order valence-corrected chi connectivity index (χ0v) is 10.3. The van der Waals surface area contributed by atoms with Crippen LogP contribution in [-0.2, 0) is 22.9 Å². The fraction of sp³-hybridized carbons (Fsp3) is 0.636. The lowest BCUT2D eigenvalue weighted by molar-refractivity contribution is 0.0279. The van der Waals surface area contributed by atoms with Gasteiger partial charge < -0.3 is 9.47 Å². The lowest BCUT2D eigenvalue weighted by atomic mass is 9.99. The maximum Gasteiger partial charge on any atom is 0.508 e.